The van der Waals surface area contributed by atoms with Crippen molar-refractivity contribution in [3.63, 3.8) is 0 Å². The fourth-order valence-corrected chi connectivity index (χ4v) is 1.72. The second-order valence-corrected chi connectivity index (χ2v) is 4.85. The van der Waals surface area contributed by atoms with Crippen LogP contribution in [-0.2, 0) is 0 Å². The molecule has 1 aromatic carbocycles. The first-order chi connectivity index (χ1) is 6.45. The van der Waals surface area contributed by atoms with Gasteiger partial charge in [0.2, 0.25) is 0 Å². The lowest BCUT2D eigenvalue weighted by Gasteiger charge is -2.12. The Morgan fingerprint density at radius 1 is 1.21 bits per heavy atom. The van der Waals surface area contributed by atoms with E-state index in [-0.39, 0.29) is 11.4 Å². The van der Waals surface area contributed by atoms with E-state index in [9.17, 15) is 4.79 Å². The number of ketones is 1. The number of aryl methyl sites for hydroxylation is 2. The third kappa shape index (κ3) is 2.04. The van der Waals surface area contributed by atoms with Crippen LogP contribution in [-0.4, -0.2) is 11.4 Å². The van der Waals surface area contributed by atoms with Crippen LogP contribution in [0.2, 0.25) is 0 Å². The van der Waals surface area contributed by atoms with E-state index in [0.717, 1.165) is 16.7 Å². The lowest BCUT2D eigenvalue weighted by atomic mass is 9.94. The van der Waals surface area contributed by atoms with E-state index in [0.29, 0.717) is 0 Å². The number of Topliss-reactive ketones (excluding diaryl/α,β-unsaturated/α-hetero) is 1. The molecule has 0 saturated heterocycles. The summed E-state index contributed by atoms with van der Waals surface area (Å²) >= 11 is 0. The van der Waals surface area contributed by atoms with E-state index in [2.05, 4.69) is 15.3 Å². The molecule has 0 heterocycles. The molecule has 1 rings (SSSR count). The Balaban J connectivity index is 3.33. The molecule has 1 aromatic rings. The molecule has 0 spiro atoms. The van der Waals surface area contributed by atoms with Crippen molar-refractivity contribution in [2.75, 3.05) is 0 Å². The number of benzene rings is 1. The minimum absolute atomic E-state index is 0.00537. The van der Waals surface area contributed by atoms with E-state index in [1.807, 2.05) is 33.8 Å². The van der Waals surface area contributed by atoms with Crippen molar-refractivity contribution in [1.29, 1.82) is 0 Å². The SMILES string of the molecule is Cc1ccc(C)c(C(=O)C(C)P)c1C. The van der Waals surface area contributed by atoms with Gasteiger partial charge in [0.05, 0.1) is 0 Å². The summed E-state index contributed by atoms with van der Waals surface area (Å²) in [5, 5.41) is 0. The zero-order valence-corrected chi connectivity index (χ0v) is 10.4. The topological polar surface area (TPSA) is 17.1 Å². The smallest absolute Gasteiger partial charge is 0.169 e. The average molecular weight is 208 g/mol. The van der Waals surface area contributed by atoms with E-state index in [4.69, 9.17) is 0 Å². The second kappa shape index (κ2) is 4.23. The zero-order chi connectivity index (χ0) is 10.9. The van der Waals surface area contributed by atoms with E-state index in [1.54, 1.807) is 0 Å². The van der Waals surface area contributed by atoms with Crippen LogP contribution in [0.5, 0.6) is 0 Å². The Labute approximate surface area is 88.1 Å². The molecule has 0 aliphatic carbocycles. The van der Waals surface area contributed by atoms with E-state index < -0.39 is 0 Å². The zero-order valence-electron chi connectivity index (χ0n) is 9.22. The van der Waals surface area contributed by atoms with Crippen LogP contribution < -0.4 is 0 Å². The summed E-state index contributed by atoms with van der Waals surface area (Å²) in [6.07, 6.45) is 0. The molecule has 0 radical (unpaired) electrons. The molecule has 2 unspecified atom stereocenters. The molecule has 0 saturated carbocycles. The van der Waals surface area contributed by atoms with Crippen LogP contribution >= 0.6 is 9.24 Å². The van der Waals surface area contributed by atoms with E-state index >= 15 is 0 Å². The highest BCUT2D eigenvalue weighted by molar-refractivity contribution is 7.19. The molecule has 0 aromatic heterocycles. The lowest BCUT2D eigenvalue weighted by molar-refractivity contribution is 0.0992. The third-order valence-electron chi connectivity index (χ3n) is 2.60. The fourth-order valence-electron chi connectivity index (χ4n) is 1.56. The number of carbonyl (C=O) groups is 1. The minimum Gasteiger partial charge on any atom is -0.293 e. The van der Waals surface area contributed by atoms with Crippen LogP contribution in [0.1, 0.15) is 34.0 Å². The van der Waals surface area contributed by atoms with Crippen molar-refractivity contribution in [1.82, 2.24) is 0 Å². The van der Waals surface area contributed by atoms with Crippen LogP contribution in [0.4, 0.5) is 0 Å². The van der Waals surface area contributed by atoms with Crippen molar-refractivity contribution < 1.29 is 4.79 Å². The van der Waals surface area contributed by atoms with Gasteiger partial charge in [-0.05, 0) is 37.5 Å². The summed E-state index contributed by atoms with van der Waals surface area (Å²) in [5.41, 5.74) is 4.27. The fraction of sp³-hybridized carbons (Fsp3) is 0.417. The summed E-state index contributed by atoms with van der Waals surface area (Å²) in [6, 6.07) is 4.08. The van der Waals surface area contributed by atoms with Gasteiger partial charge in [-0.25, -0.2) is 0 Å². The Kier molecular flexibility index (Phi) is 3.44. The molecule has 2 heteroatoms. The molecule has 2 atom stereocenters. The highest BCUT2D eigenvalue weighted by Gasteiger charge is 2.16. The summed E-state index contributed by atoms with van der Waals surface area (Å²) in [7, 11) is 2.56. The highest BCUT2D eigenvalue weighted by atomic mass is 31.0. The highest BCUT2D eigenvalue weighted by Crippen LogP contribution is 2.21. The number of hydrogen-bond donors (Lipinski definition) is 0. The number of hydrogen-bond acceptors (Lipinski definition) is 1. The Morgan fingerprint density at radius 3 is 2.21 bits per heavy atom. The van der Waals surface area contributed by atoms with Gasteiger partial charge in [0.25, 0.3) is 0 Å². The second-order valence-electron chi connectivity index (χ2n) is 3.85. The van der Waals surface area contributed by atoms with Crippen LogP contribution in [0.15, 0.2) is 12.1 Å². The van der Waals surface area contributed by atoms with Crippen LogP contribution in [0.25, 0.3) is 0 Å². The van der Waals surface area contributed by atoms with Gasteiger partial charge in [0, 0.05) is 11.2 Å². The summed E-state index contributed by atoms with van der Waals surface area (Å²) in [6.45, 7) is 7.96. The van der Waals surface area contributed by atoms with Crippen molar-refractivity contribution in [3.05, 3.63) is 34.4 Å². The maximum Gasteiger partial charge on any atom is 0.169 e. The monoisotopic (exact) mass is 208 g/mol. The van der Waals surface area contributed by atoms with Gasteiger partial charge in [0.1, 0.15) is 0 Å². The Morgan fingerprint density at radius 2 is 1.71 bits per heavy atom. The molecule has 14 heavy (non-hydrogen) atoms. The lowest BCUT2D eigenvalue weighted by Crippen LogP contribution is -2.14. The number of rotatable bonds is 2. The molecule has 0 aliphatic rings. The van der Waals surface area contributed by atoms with Gasteiger partial charge in [-0.1, -0.05) is 19.1 Å². The molecule has 0 N–H and O–H groups in total. The van der Waals surface area contributed by atoms with Crippen LogP contribution in [0, 0.1) is 20.8 Å². The molecule has 0 bridgehead atoms. The Bertz CT molecular complexity index is 367. The molecule has 0 aliphatic heterocycles. The molecular weight excluding hydrogens is 191 g/mol. The summed E-state index contributed by atoms with van der Waals surface area (Å²) in [5.74, 6) is 0.216. The normalized spacial score (nSPS) is 12.6. The van der Waals surface area contributed by atoms with Gasteiger partial charge in [-0.15, -0.1) is 9.24 Å². The van der Waals surface area contributed by atoms with Gasteiger partial charge in [-0.2, -0.15) is 0 Å². The molecule has 76 valence electrons. The van der Waals surface area contributed by atoms with Crippen molar-refractivity contribution >= 4 is 15.0 Å². The Hall–Kier alpha value is -0.680. The maximum atomic E-state index is 11.9. The van der Waals surface area contributed by atoms with Crippen molar-refractivity contribution in [2.45, 2.75) is 33.4 Å². The molecule has 1 nitrogen and oxygen atoms in total. The van der Waals surface area contributed by atoms with Crippen LogP contribution in [0.3, 0.4) is 0 Å². The predicted molar refractivity (Wildman–Crippen MR) is 64.2 cm³/mol. The first-order valence-corrected chi connectivity index (χ1v) is 5.48. The van der Waals surface area contributed by atoms with Crippen molar-refractivity contribution in [3.8, 4) is 0 Å². The van der Waals surface area contributed by atoms with Crippen molar-refractivity contribution in [2.24, 2.45) is 0 Å². The maximum absolute atomic E-state index is 11.9. The van der Waals surface area contributed by atoms with Gasteiger partial charge in [-0.3, -0.25) is 4.79 Å². The standard InChI is InChI=1S/C12H17OP/c1-7-5-6-8(2)11(9(7)3)12(13)10(4)14/h5-6,10H,14H2,1-4H3. The summed E-state index contributed by atoms with van der Waals surface area (Å²) in [4.78, 5) is 11.9. The number of carbonyl (C=O) groups excluding carboxylic acids is 1. The largest absolute Gasteiger partial charge is 0.293 e. The quantitative estimate of drug-likeness (QED) is 0.539. The summed E-state index contributed by atoms with van der Waals surface area (Å²) < 4.78 is 0. The molecule has 0 amide bonds. The predicted octanol–water partition coefficient (Wildman–Crippen LogP) is 3.06. The average Bonchev–Trinajstić information content (AvgIpc) is 2.12. The first-order valence-electron chi connectivity index (χ1n) is 4.81. The van der Waals surface area contributed by atoms with Gasteiger partial charge < -0.3 is 0 Å². The van der Waals surface area contributed by atoms with Gasteiger partial charge >= 0.3 is 0 Å². The minimum atomic E-state index is -0.00537. The van der Waals surface area contributed by atoms with Gasteiger partial charge in [0.15, 0.2) is 5.78 Å². The molecule has 0 fully saturated rings. The third-order valence-corrected chi connectivity index (χ3v) is 2.91. The van der Waals surface area contributed by atoms with E-state index in [1.165, 1.54) is 5.56 Å². The first kappa shape index (κ1) is 11.4. The molecular formula is C12H17OP.